The Hall–Kier alpha value is -1.92. The fraction of sp³-hybridized carbons (Fsp3) is 0.421. The van der Waals surface area contributed by atoms with E-state index in [1.54, 1.807) is 6.20 Å². The molecule has 136 valence electrons. The van der Waals surface area contributed by atoms with Gasteiger partial charge in [0.1, 0.15) is 0 Å². The first kappa shape index (κ1) is 19.4. The van der Waals surface area contributed by atoms with Crippen molar-refractivity contribution < 1.29 is 8.42 Å². The van der Waals surface area contributed by atoms with Crippen molar-refractivity contribution in [3.63, 3.8) is 0 Å². The predicted octanol–water partition coefficient (Wildman–Crippen LogP) is 2.93. The average Bonchev–Trinajstić information content (AvgIpc) is 2.90. The van der Waals surface area contributed by atoms with Gasteiger partial charge in [-0.25, -0.2) is 13.4 Å². The van der Waals surface area contributed by atoms with Crippen LogP contribution in [0.1, 0.15) is 24.6 Å². The molecule has 5 nitrogen and oxygen atoms in total. The highest BCUT2D eigenvalue weighted by Gasteiger charge is 2.19. The van der Waals surface area contributed by atoms with Gasteiger partial charge < -0.3 is 4.57 Å². The lowest BCUT2D eigenvalue weighted by Gasteiger charge is -2.18. The quantitative estimate of drug-likeness (QED) is 0.645. The second kappa shape index (κ2) is 8.45. The molecule has 0 saturated carbocycles. The third-order valence-corrected chi connectivity index (χ3v) is 4.88. The molecule has 0 aliphatic rings. The molecule has 0 spiro atoms. The van der Waals surface area contributed by atoms with E-state index in [4.69, 9.17) is 0 Å². The molecule has 6 heteroatoms. The Kier molecular flexibility index (Phi) is 6.56. The SMILES string of the molecule is C=C(C)CN(C)Cc1cnc(S(C)(=O)=O)n1CCCc1ccccc1. The number of hydrogen-bond acceptors (Lipinski definition) is 4. The number of hydrogen-bond donors (Lipinski definition) is 0. The van der Waals surface area contributed by atoms with E-state index in [0.717, 1.165) is 30.7 Å². The number of nitrogens with zero attached hydrogens (tertiary/aromatic N) is 3. The molecule has 1 heterocycles. The van der Waals surface area contributed by atoms with Crippen LogP contribution in [0, 0.1) is 0 Å². The van der Waals surface area contributed by atoms with Gasteiger partial charge in [-0.05, 0) is 32.4 Å². The molecular formula is C19H27N3O2S. The molecule has 0 bridgehead atoms. The largest absolute Gasteiger partial charge is 0.318 e. The van der Waals surface area contributed by atoms with Gasteiger partial charge in [0.2, 0.25) is 15.0 Å². The molecule has 0 unspecified atom stereocenters. The summed E-state index contributed by atoms with van der Waals surface area (Å²) in [5.41, 5.74) is 3.24. The standard InChI is InChI=1S/C19H27N3O2S/c1-16(2)14-21(3)15-18-13-20-19(25(4,23)24)22(18)12-8-11-17-9-6-5-7-10-17/h5-7,9-10,13H,1,8,11-12,14-15H2,2-4H3. The first-order valence-corrected chi connectivity index (χ1v) is 10.3. The van der Waals surface area contributed by atoms with Gasteiger partial charge in [0.25, 0.3) is 0 Å². The van der Waals surface area contributed by atoms with Crippen LogP contribution >= 0.6 is 0 Å². The zero-order valence-electron chi connectivity index (χ0n) is 15.3. The van der Waals surface area contributed by atoms with Crippen molar-refractivity contribution in [1.29, 1.82) is 0 Å². The van der Waals surface area contributed by atoms with E-state index in [-0.39, 0.29) is 5.16 Å². The second-order valence-corrected chi connectivity index (χ2v) is 8.58. The van der Waals surface area contributed by atoms with Crippen LogP contribution < -0.4 is 0 Å². The average molecular weight is 362 g/mol. The number of aryl methyl sites for hydroxylation is 1. The Balaban J connectivity index is 2.14. The topological polar surface area (TPSA) is 55.2 Å². The molecular weight excluding hydrogens is 334 g/mol. The van der Waals surface area contributed by atoms with Crippen LogP contribution in [-0.2, 0) is 29.3 Å². The van der Waals surface area contributed by atoms with E-state index in [2.05, 4.69) is 28.6 Å². The smallest absolute Gasteiger partial charge is 0.227 e. The minimum absolute atomic E-state index is 0.152. The predicted molar refractivity (Wildman–Crippen MR) is 101 cm³/mol. The number of benzene rings is 1. The van der Waals surface area contributed by atoms with Crippen LogP contribution in [0.15, 0.2) is 53.8 Å². The van der Waals surface area contributed by atoms with E-state index in [1.807, 2.05) is 36.7 Å². The lowest BCUT2D eigenvalue weighted by Crippen LogP contribution is -2.22. The Labute approximate surface area is 150 Å². The first-order chi connectivity index (χ1) is 11.8. The maximum atomic E-state index is 12.1. The number of rotatable bonds is 9. The molecule has 0 fully saturated rings. The summed E-state index contributed by atoms with van der Waals surface area (Å²) >= 11 is 0. The maximum Gasteiger partial charge on any atom is 0.227 e. The molecule has 1 aromatic heterocycles. The summed E-state index contributed by atoms with van der Waals surface area (Å²) in [7, 11) is -1.35. The fourth-order valence-electron chi connectivity index (χ4n) is 2.93. The Morgan fingerprint density at radius 2 is 1.96 bits per heavy atom. The van der Waals surface area contributed by atoms with Crippen LogP contribution in [-0.4, -0.2) is 42.7 Å². The van der Waals surface area contributed by atoms with Crippen LogP contribution in [0.25, 0.3) is 0 Å². The van der Waals surface area contributed by atoms with Crippen molar-refractivity contribution in [2.45, 2.75) is 38.0 Å². The van der Waals surface area contributed by atoms with Crippen LogP contribution in [0.2, 0.25) is 0 Å². The van der Waals surface area contributed by atoms with Crippen molar-refractivity contribution in [3.05, 3.63) is 59.9 Å². The van der Waals surface area contributed by atoms with Crippen molar-refractivity contribution in [3.8, 4) is 0 Å². The highest BCUT2D eigenvalue weighted by Crippen LogP contribution is 2.15. The molecule has 0 radical (unpaired) electrons. The monoisotopic (exact) mass is 361 g/mol. The lowest BCUT2D eigenvalue weighted by atomic mass is 10.1. The number of aromatic nitrogens is 2. The highest BCUT2D eigenvalue weighted by atomic mass is 32.2. The van der Waals surface area contributed by atoms with Gasteiger partial charge in [-0.15, -0.1) is 0 Å². The van der Waals surface area contributed by atoms with Gasteiger partial charge in [0, 0.05) is 25.9 Å². The molecule has 0 amide bonds. The Morgan fingerprint density at radius 3 is 2.56 bits per heavy atom. The summed E-state index contributed by atoms with van der Waals surface area (Å²) in [6, 6.07) is 10.2. The number of likely N-dealkylation sites (N-methyl/N-ethyl adjacent to an activating group) is 1. The van der Waals surface area contributed by atoms with Crippen molar-refractivity contribution >= 4 is 9.84 Å². The summed E-state index contributed by atoms with van der Waals surface area (Å²) in [5, 5.41) is 0.152. The van der Waals surface area contributed by atoms with Crippen LogP contribution in [0.4, 0.5) is 0 Å². The number of imidazole rings is 1. The molecule has 0 atom stereocenters. The Morgan fingerprint density at radius 1 is 1.28 bits per heavy atom. The molecule has 0 aliphatic carbocycles. The van der Waals surface area contributed by atoms with E-state index in [0.29, 0.717) is 13.1 Å². The fourth-order valence-corrected chi connectivity index (χ4v) is 3.79. The third-order valence-electron chi connectivity index (χ3n) is 3.90. The van der Waals surface area contributed by atoms with E-state index in [1.165, 1.54) is 11.8 Å². The molecule has 2 rings (SSSR count). The zero-order chi connectivity index (χ0) is 18.4. The van der Waals surface area contributed by atoms with Crippen LogP contribution in [0.5, 0.6) is 0 Å². The Bertz CT molecular complexity index is 810. The maximum absolute atomic E-state index is 12.1. The molecule has 25 heavy (non-hydrogen) atoms. The molecule has 0 aliphatic heterocycles. The van der Waals surface area contributed by atoms with Crippen LogP contribution in [0.3, 0.4) is 0 Å². The van der Waals surface area contributed by atoms with Gasteiger partial charge in [0.15, 0.2) is 0 Å². The lowest BCUT2D eigenvalue weighted by molar-refractivity contribution is 0.340. The highest BCUT2D eigenvalue weighted by molar-refractivity contribution is 7.90. The third kappa shape index (κ3) is 5.83. The minimum Gasteiger partial charge on any atom is -0.318 e. The van der Waals surface area contributed by atoms with Crippen molar-refractivity contribution in [2.24, 2.45) is 0 Å². The molecule has 0 saturated heterocycles. The second-order valence-electron chi connectivity index (χ2n) is 6.67. The summed E-state index contributed by atoms with van der Waals surface area (Å²) in [6.45, 7) is 7.95. The van der Waals surface area contributed by atoms with E-state index >= 15 is 0 Å². The van der Waals surface area contributed by atoms with Gasteiger partial charge in [-0.3, -0.25) is 4.90 Å². The van der Waals surface area contributed by atoms with E-state index in [9.17, 15) is 8.42 Å². The van der Waals surface area contributed by atoms with Gasteiger partial charge in [0.05, 0.1) is 11.9 Å². The minimum atomic E-state index is -3.35. The molecule has 0 N–H and O–H groups in total. The molecule has 1 aromatic carbocycles. The summed E-state index contributed by atoms with van der Waals surface area (Å²) in [4.78, 5) is 6.28. The first-order valence-electron chi connectivity index (χ1n) is 8.38. The normalized spacial score (nSPS) is 11.8. The summed E-state index contributed by atoms with van der Waals surface area (Å²) < 4.78 is 25.9. The van der Waals surface area contributed by atoms with Gasteiger partial charge in [-0.1, -0.05) is 42.5 Å². The zero-order valence-corrected chi connectivity index (χ0v) is 16.1. The van der Waals surface area contributed by atoms with Gasteiger partial charge >= 0.3 is 0 Å². The van der Waals surface area contributed by atoms with Gasteiger partial charge in [-0.2, -0.15) is 0 Å². The molecule has 2 aromatic rings. The summed E-state index contributed by atoms with van der Waals surface area (Å²) in [5.74, 6) is 0. The van der Waals surface area contributed by atoms with Crippen molar-refractivity contribution in [1.82, 2.24) is 14.5 Å². The van der Waals surface area contributed by atoms with Crippen molar-refractivity contribution in [2.75, 3.05) is 19.8 Å². The summed E-state index contributed by atoms with van der Waals surface area (Å²) in [6.07, 6.45) is 4.65. The number of sulfone groups is 1. The van der Waals surface area contributed by atoms with E-state index < -0.39 is 9.84 Å².